The van der Waals surface area contributed by atoms with Crippen molar-refractivity contribution in [3.05, 3.63) is 0 Å². The molecule has 0 aromatic heterocycles. The van der Waals surface area contributed by atoms with Crippen LogP contribution in [0, 0.1) is 0 Å². The first-order valence-electron chi connectivity index (χ1n) is 1.53. The summed E-state index contributed by atoms with van der Waals surface area (Å²) in [5, 5.41) is 0. The molecule has 0 rings (SSSR count). The van der Waals surface area contributed by atoms with Crippen LogP contribution in [0.5, 0.6) is 0 Å². The second-order valence-electron chi connectivity index (χ2n) is 1.06. The van der Waals surface area contributed by atoms with Crippen LogP contribution in [0.1, 0.15) is 7.43 Å². The molecule has 0 heterocycles. The van der Waals surface area contributed by atoms with Gasteiger partial charge in [0.25, 0.3) is 0 Å². The third-order valence-electron chi connectivity index (χ3n) is 0.213. The molecule has 0 aliphatic heterocycles. The molecule has 0 radical (unpaired) electrons. The molecule has 66 valence electrons. The first-order valence-corrected chi connectivity index (χ1v) is 4.59. The van der Waals surface area contributed by atoms with Gasteiger partial charge in [-0.2, -0.15) is 4.31 Å². The van der Waals surface area contributed by atoms with Gasteiger partial charge in [0.15, 0.2) is 0 Å². The molecule has 0 aliphatic rings. The molecule has 0 aliphatic carbocycles. The Morgan fingerprint density at radius 3 is 1.09 bits per heavy atom. The fraction of sp³-hybridized carbons (Fsp3) is 1.00. The van der Waals surface area contributed by atoms with Crippen LogP contribution in [-0.4, -0.2) is 49.1 Å². The van der Waals surface area contributed by atoms with Gasteiger partial charge in [-0.3, -0.25) is 0 Å². The van der Waals surface area contributed by atoms with E-state index in [9.17, 15) is 9.13 Å². The van der Waals surface area contributed by atoms with Crippen LogP contribution in [0.3, 0.4) is 0 Å². The van der Waals surface area contributed by atoms with Gasteiger partial charge in [0.1, 0.15) is 0 Å². The fourth-order valence-corrected chi connectivity index (χ4v) is 1.25. The van der Waals surface area contributed by atoms with Crippen LogP contribution in [0.15, 0.2) is 0 Å². The molecule has 10 heteroatoms. The van der Waals surface area contributed by atoms with Gasteiger partial charge in [0, 0.05) is 0 Å². The zero-order valence-corrected chi connectivity index (χ0v) is 5.70. The molecular weight excluding hydrogens is 209 g/mol. The molecule has 0 amide bonds. The van der Waals surface area contributed by atoms with Crippen molar-refractivity contribution in [3.63, 3.8) is 0 Å². The molecule has 0 atom stereocenters. The van der Waals surface area contributed by atoms with E-state index in [-0.39, 0.29) is 37.0 Å². The Kier molecular flexibility index (Phi) is 9.61. The van der Waals surface area contributed by atoms with E-state index in [2.05, 4.69) is 4.31 Å². The standard InChI is InChI=1S/CH4.Na.H4O7P2.H/c;;1-8(2,3)7-9(4,5)6;/h1H4;;(H2,1,2,3)(H2,4,5,6);. The Morgan fingerprint density at radius 2 is 1.09 bits per heavy atom. The van der Waals surface area contributed by atoms with Crippen molar-refractivity contribution in [2.24, 2.45) is 0 Å². The third kappa shape index (κ3) is 18.3. The van der Waals surface area contributed by atoms with Crippen LogP contribution in [0.2, 0.25) is 0 Å². The second kappa shape index (κ2) is 5.83. The predicted molar refractivity (Wildman–Crippen MR) is 39.1 cm³/mol. The monoisotopic (exact) mass is 218 g/mol. The summed E-state index contributed by atoms with van der Waals surface area (Å²) in [5.41, 5.74) is 0. The minimum absolute atomic E-state index is 0. The summed E-state index contributed by atoms with van der Waals surface area (Å²) in [6.45, 7) is 0. The molecule has 0 aromatic carbocycles. The Labute approximate surface area is 85.5 Å². The summed E-state index contributed by atoms with van der Waals surface area (Å²) in [5.74, 6) is 0. The normalized spacial score (nSPS) is 11.3. The summed E-state index contributed by atoms with van der Waals surface area (Å²) < 4.78 is 22.2. The van der Waals surface area contributed by atoms with Crippen LogP contribution in [0.4, 0.5) is 0 Å². The first-order chi connectivity index (χ1) is 3.71. The maximum absolute atomic E-state index is 9.63. The van der Waals surface area contributed by atoms with Crippen LogP contribution >= 0.6 is 15.6 Å². The molecule has 4 N–H and O–H groups in total. The number of hydrogen-bond acceptors (Lipinski definition) is 3. The second-order valence-corrected chi connectivity index (χ2v) is 3.68. The van der Waals surface area contributed by atoms with Crippen molar-refractivity contribution in [2.75, 3.05) is 0 Å². The Hall–Kier alpha value is 1.26. The molecular formula is CH9NaO7P2. The molecule has 0 spiro atoms. The van der Waals surface area contributed by atoms with Crippen LogP contribution < -0.4 is 0 Å². The molecule has 0 bridgehead atoms. The topological polar surface area (TPSA) is 124 Å². The van der Waals surface area contributed by atoms with Crippen molar-refractivity contribution in [1.82, 2.24) is 0 Å². The maximum atomic E-state index is 9.63. The van der Waals surface area contributed by atoms with Crippen molar-refractivity contribution >= 4 is 45.2 Å². The molecule has 0 unspecified atom stereocenters. The Bertz CT molecular complexity index is 157. The molecule has 0 aromatic rings. The van der Waals surface area contributed by atoms with Gasteiger partial charge in [-0.1, -0.05) is 7.43 Å². The van der Waals surface area contributed by atoms with Gasteiger partial charge in [0.2, 0.25) is 0 Å². The number of hydrogen-bond donors (Lipinski definition) is 4. The zero-order chi connectivity index (χ0) is 7.71. The predicted octanol–water partition coefficient (Wildman–Crippen LogP) is -0.824. The SMILES string of the molecule is C.O=P(O)(O)OP(=O)(O)O.[NaH]. The van der Waals surface area contributed by atoms with Crippen LogP contribution in [-0.2, 0) is 13.4 Å². The van der Waals surface area contributed by atoms with Crippen LogP contribution in [0.25, 0.3) is 0 Å². The fourth-order valence-electron chi connectivity index (χ4n) is 0.139. The summed E-state index contributed by atoms with van der Waals surface area (Å²) in [6.07, 6.45) is 0. The summed E-state index contributed by atoms with van der Waals surface area (Å²) >= 11 is 0. The van der Waals surface area contributed by atoms with E-state index in [1.54, 1.807) is 0 Å². The minimum atomic E-state index is -5.05. The van der Waals surface area contributed by atoms with E-state index in [1.807, 2.05) is 0 Å². The van der Waals surface area contributed by atoms with Crippen molar-refractivity contribution in [3.8, 4) is 0 Å². The molecule has 0 fully saturated rings. The Morgan fingerprint density at radius 1 is 0.909 bits per heavy atom. The number of rotatable bonds is 2. The molecule has 0 saturated carbocycles. The van der Waals surface area contributed by atoms with E-state index in [0.29, 0.717) is 0 Å². The molecule has 7 nitrogen and oxygen atoms in total. The van der Waals surface area contributed by atoms with Gasteiger partial charge in [-0.05, 0) is 0 Å². The molecule has 0 saturated heterocycles. The van der Waals surface area contributed by atoms with Gasteiger partial charge in [-0.25, -0.2) is 9.13 Å². The van der Waals surface area contributed by atoms with Crippen molar-refractivity contribution in [2.45, 2.75) is 7.43 Å². The zero-order valence-electron chi connectivity index (χ0n) is 3.91. The van der Waals surface area contributed by atoms with E-state index in [1.165, 1.54) is 0 Å². The van der Waals surface area contributed by atoms with Gasteiger partial charge < -0.3 is 19.6 Å². The van der Waals surface area contributed by atoms with E-state index in [0.717, 1.165) is 0 Å². The quantitative estimate of drug-likeness (QED) is 0.352. The summed E-state index contributed by atoms with van der Waals surface area (Å²) in [6, 6.07) is 0. The molecule has 11 heavy (non-hydrogen) atoms. The van der Waals surface area contributed by atoms with Gasteiger partial charge in [-0.15, -0.1) is 0 Å². The first kappa shape index (κ1) is 18.1. The van der Waals surface area contributed by atoms with E-state index >= 15 is 0 Å². The number of phosphoric acid groups is 2. The summed E-state index contributed by atoms with van der Waals surface area (Å²) in [7, 11) is -10.1. The van der Waals surface area contributed by atoms with Crippen molar-refractivity contribution in [1.29, 1.82) is 0 Å². The van der Waals surface area contributed by atoms with Crippen molar-refractivity contribution < 1.29 is 33.0 Å². The van der Waals surface area contributed by atoms with E-state index < -0.39 is 15.6 Å². The average molecular weight is 218 g/mol. The Balaban J connectivity index is -0.000000320. The average Bonchev–Trinajstić information content (AvgIpc) is 1.14. The van der Waals surface area contributed by atoms with E-state index in [4.69, 9.17) is 19.6 Å². The summed E-state index contributed by atoms with van der Waals surface area (Å²) in [4.78, 5) is 31.0. The van der Waals surface area contributed by atoms with Gasteiger partial charge >= 0.3 is 45.2 Å². The van der Waals surface area contributed by atoms with Gasteiger partial charge in [0.05, 0.1) is 0 Å². The third-order valence-corrected chi connectivity index (χ3v) is 1.91.